The van der Waals surface area contributed by atoms with Crippen LogP contribution in [-0.2, 0) is 10.0 Å². The molecule has 0 bridgehead atoms. The van der Waals surface area contributed by atoms with E-state index in [-0.39, 0.29) is 10.6 Å². The number of pyridine rings is 1. The van der Waals surface area contributed by atoms with Crippen LogP contribution in [0.2, 0.25) is 0 Å². The number of aromatic nitrogens is 1. The molecule has 7 nitrogen and oxygen atoms in total. The normalized spacial score (nSPS) is 11.1. The molecule has 0 atom stereocenters. The lowest BCUT2D eigenvalue weighted by molar-refractivity contribution is -0.384. The Hall–Kier alpha value is -2.91. The fourth-order valence-corrected chi connectivity index (χ4v) is 4.26. The molecule has 3 aromatic rings. The number of nitro groups is 1. The Kier molecular flexibility index (Phi) is 5.43. The quantitative estimate of drug-likeness (QED) is 0.489. The number of hydrogen-bond acceptors (Lipinski definition) is 6. The van der Waals surface area contributed by atoms with Gasteiger partial charge in [0.05, 0.1) is 21.7 Å². The highest BCUT2D eigenvalue weighted by Crippen LogP contribution is 2.30. The average Bonchev–Trinajstić information content (AvgIpc) is 2.64. The first-order valence-corrected chi connectivity index (χ1v) is 10.1. The zero-order valence-electron chi connectivity index (χ0n) is 14.2. The fourth-order valence-electron chi connectivity index (χ4n) is 2.22. The molecule has 0 fully saturated rings. The van der Waals surface area contributed by atoms with Gasteiger partial charge in [-0.25, -0.2) is 8.42 Å². The minimum Gasteiger partial charge on any atom is -0.278 e. The molecule has 2 aromatic carbocycles. The molecule has 0 aliphatic heterocycles. The minimum atomic E-state index is -3.75. The number of anilines is 1. The summed E-state index contributed by atoms with van der Waals surface area (Å²) < 4.78 is 27.7. The van der Waals surface area contributed by atoms with Gasteiger partial charge in [0.1, 0.15) is 0 Å². The topological polar surface area (TPSA) is 102 Å². The van der Waals surface area contributed by atoms with Crippen LogP contribution in [0.15, 0.2) is 81.5 Å². The third-order valence-corrected chi connectivity index (χ3v) is 5.94. The second kappa shape index (κ2) is 7.77. The molecule has 0 saturated heterocycles. The SMILES string of the molecule is Cc1ccc(NS(=O)(=O)c2cccc(Sc3ccc([N+](=O)[O-])cc3)c2)cn1. The van der Waals surface area contributed by atoms with Crippen molar-refractivity contribution in [2.75, 3.05) is 4.72 Å². The standard InChI is InChI=1S/C18H15N3O4S2/c1-13-5-6-14(12-19-13)20-27(24,25)18-4-2-3-17(11-18)26-16-9-7-15(8-10-16)21(22)23/h2-12,20H,1H3. The second-order valence-corrected chi connectivity index (χ2v) is 8.45. The van der Waals surface area contributed by atoms with E-state index < -0.39 is 14.9 Å². The molecule has 0 amide bonds. The highest BCUT2D eigenvalue weighted by atomic mass is 32.2. The third kappa shape index (κ3) is 4.83. The fraction of sp³-hybridized carbons (Fsp3) is 0.0556. The van der Waals surface area contributed by atoms with E-state index in [1.54, 1.807) is 42.5 Å². The third-order valence-electron chi connectivity index (χ3n) is 3.56. The molecule has 9 heteroatoms. The molecule has 1 heterocycles. The lowest BCUT2D eigenvalue weighted by Crippen LogP contribution is -2.13. The van der Waals surface area contributed by atoms with Crippen molar-refractivity contribution >= 4 is 33.2 Å². The van der Waals surface area contributed by atoms with Crippen LogP contribution in [0.5, 0.6) is 0 Å². The van der Waals surface area contributed by atoms with E-state index in [1.807, 2.05) is 6.92 Å². The van der Waals surface area contributed by atoms with E-state index in [2.05, 4.69) is 9.71 Å². The van der Waals surface area contributed by atoms with Crippen LogP contribution in [0.1, 0.15) is 5.69 Å². The van der Waals surface area contributed by atoms with Crippen molar-refractivity contribution in [3.8, 4) is 0 Å². The zero-order valence-corrected chi connectivity index (χ0v) is 15.8. The molecule has 138 valence electrons. The lowest BCUT2D eigenvalue weighted by Gasteiger charge is -2.09. The van der Waals surface area contributed by atoms with Crippen LogP contribution in [0, 0.1) is 17.0 Å². The van der Waals surface area contributed by atoms with Gasteiger partial charge in [-0.3, -0.25) is 19.8 Å². The number of nitro benzene ring substituents is 1. The number of benzene rings is 2. The first-order valence-electron chi connectivity index (χ1n) is 7.81. The maximum absolute atomic E-state index is 12.6. The van der Waals surface area contributed by atoms with Crippen molar-refractivity contribution in [1.82, 2.24) is 4.98 Å². The van der Waals surface area contributed by atoms with Crippen LogP contribution < -0.4 is 4.72 Å². The average molecular weight is 401 g/mol. The maximum atomic E-state index is 12.6. The van der Waals surface area contributed by atoms with Gasteiger partial charge in [0.25, 0.3) is 15.7 Å². The molecule has 0 spiro atoms. The van der Waals surface area contributed by atoms with Gasteiger partial charge < -0.3 is 0 Å². The van der Waals surface area contributed by atoms with E-state index in [1.165, 1.54) is 36.2 Å². The van der Waals surface area contributed by atoms with Gasteiger partial charge in [-0.05, 0) is 49.4 Å². The zero-order chi connectivity index (χ0) is 19.4. The lowest BCUT2D eigenvalue weighted by atomic mass is 10.3. The summed E-state index contributed by atoms with van der Waals surface area (Å²) in [6, 6.07) is 15.9. The number of sulfonamides is 1. The number of aryl methyl sites for hydroxylation is 1. The largest absolute Gasteiger partial charge is 0.278 e. The molecule has 1 N–H and O–H groups in total. The Morgan fingerprint density at radius 1 is 1.04 bits per heavy atom. The molecule has 3 rings (SSSR count). The van der Waals surface area contributed by atoms with Crippen LogP contribution in [0.3, 0.4) is 0 Å². The monoisotopic (exact) mass is 401 g/mol. The summed E-state index contributed by atoms with van der Waals surface area (Å²) in [5, 5.41) is 10.7. The van der Waals surface area contributed by atoms with Crippen molar-refractivity contribution in [1.29, 1.82) is 0 Å². The van der Waals surface area contributed by atoms with Gasteiger partial charge in [-0.2, -0.15) is 0 Å². The van der Waals surface area contributed by atoms with E-state index in [0.29, 0.717) is 10.6 Å². The Morgan fingerprint density at radius 3 is 2.41 bits per heavy atom. The number of nitrogens with one attached hydrogen (secondary N) is 1. The Balaban J connectivity index is 1.79. The summed E-state index contributed by atoms with van der Waals surface area (Å²) in [5.41, 5.74) is 1.18. The molecular formula is C18H15N3O4S2. The molecule has 1 aromatic heterocycles. The number of hydrogen-bond donors (Lipinski definition) is 1. The Morgan fingerprint density at radius 2 is 1.78 bits per heavy atom. The summed E-state index contributed by atoms with van der Waals surface area (Å²) in [4.78, 5) is 15.9. The second-order valence-electron chi connectivity index (χ2n) is 5.62. The Bertz CT molecular complexity index is 1070. The summed E-state index contributed by atoms with van der Waals surface area (Å²) in [7, 11) is -3.75. The van der Waals surface area contributed by atoms with Gasteiger partial charge in [-0.15, -0.1) is 0 Å². The van der Waals surface area contributed by atoms with Crippen molar-refractivity contribution < 1.29 is 13.3 Å². The molecular weight excluding hydrogens is 386 g/mol. The van der Waals surface area contributed by atoms with Gasteiger partial charge in [0.15, 0.2) is 0 Å². The van der Waals surface area contributed by atoms with E-state index in [4.69, 9.17) is 0 Å². The number of non-ortho nitro benzene ring substituents is 1. The van der Waals surface area contributed by atoms with E-state index in [0.717, 1.165) is 10.6 Å². The predicted molar refractivity (Wildman–Crippen MR) is 103 cm³/mol. The molecule has 27 heavy (non-hydrogen) atoms. The first-order chi connectivity index (χ1) is 12.8. The summed E-state index contributed by atoms with van der Waals surface area (Å²) in [5.74, 6) is 0. The molecule has 0 radical (unpaired) electrons. The number of rotatable bonds is 6. The predicted octanol–water partition coefficient (Wildman–Crippen LogP) is 4.25. The molecule has 0 aliphatic rings. The Labute approximate surface area is 160 Å². The van der Waals surface area contributed by atoms with Crippen molar-refractivity contribution in [3.05, 3.63) is 82.7 Å². The smallest absolute Gasteiger partial charge is 0.269 e. The maximum Gasteiger partial charge on any atom is 0.269 e. The van der Waals surface area contributed by atoms with Gasteiger partial charge in [-0.1, -0.05) is 17.8 Å². The summed E-state index contributed by atoms with van der Waals surface area (Å²) in [6.45, 7) is 1.82. The molecule has 0 unspecified atom stereocenters. The van der Waals surface area contributed by atoms with E-state index in [9.17, 15) is 18.5 Å². The van der Waals surface area contributed by atoms with Gasteiger partial charge in [0, 0.05) is 27.6 Å². The number of nitrogens with zero attached hydrogens (tertiary/aromatic N) is 2. The van der Waals surface area contributed by atoms with Crippen molar-refractivity contribution in [3.63, 3.8) is 0 Å². The van der Waals surface area contributed by atoms with Gasteiger partial charge >= 0.3 is 0 Å². The van der Waals surface area contributed by atoms with Crippen LogP contribution in [0.25, 0.3) is 0 Å². The highest BCUT2D eigenvalue weighted by molar-refractivity contribution is 7.99. The van der Waals surface area contributed by atoms with Crippen molar-refractivity contribution in [2.24, 2.45) is 0 Å². The van der Waals surface area contributed by atoms with Crippen LogP contribution in [-0.4, -0.2) is 18.3 Å². The summed E-state index contributed by atoms with van der Waals surface area (Å²) in [6.07, 6.45) is 1.46. The van der Waals surface area contributed by atoms with Gasteiger partial charge in [0.2, 0.25) is 0 Å². The van der Waals surface area contributed by atoms with E-state index >= 15 is 0 Å². The molecule has 0 saturated carbocycles. The molecule has 0 aliphatic carbocycles. The first kappa shape index (κ1) is 18.9. The van der Waals surface area contributed by atoms with Crippen LogP contribution in [0.4, 0.5) is 11.4 Å². The summed E-state index contributed by atoms with van der Waals surface area (Å²) >= 11 is 1.32. The van der Waals surface area contributed by atoms with Crippen molar-refractivity contribution in [2.45, 2.75) is 21.6 Å². The van der Waals surface area contributed by atoms with Crippen LogP contribution >= 0.6 is 11.8 Å². The minimum absolute atomic E-state index is 0.00610. The highest BCUT2D eigenvalue weighted by Gasteiger charge is 2.15.